The van der Waals surface area contributed by atoms with Crippen molar-refractivity contribution in [3.05, 3.63) is 47.2 Å². The molecule has 0 spiro atoms. The van der Waals surface area contributed by atoms with Crippen LogP contribution in [0.25, 0.3) is 6.08 Å². The molecule has 172 valence electrons. The van der Waals surface area contributed by atoms with Crippen molar-refractivity contribution in [1.29, 1.82) is 0 Å². The third kappa shape index (κ3) is 5.80. The van der Waals surface area contributed by atoms with Crippen LogP contribution in [0.5, 0.6) is 0 Å². The number of hydrogen-bond donors (Lipinski definition) is 0. The molecule has 1 aliphatic rings. The van der Waals surface area contributed by atoms with Crippen LogP contribution in [-0.2, 0) is 19.4 Å². The molecule has 0 bridgehead atoms. The molecule has 2 amide bonds. The molecule has 3 rings (SSSR count). The molecule has 0 radical (unpaired) electrons. The maximum absolute atomic E-state index is 14.2. The zero-order valence-electron chi connectivity index (χ0n) is 18.0. The second kappa shape index (κ2) is 10.4. The van der Waals surface area contributed by atoms with E-state index in [1.807, 2.05) is 6.92 Å². The molecule has 0 N–H and O–H groups in total. The fourth-order valence-corrected chi connectivity index (χ4v) is 6.15. The maximum atomic E-state index is 14.2. The third-order valence-corrected chi connectivity index (χ3v) is 7.79. The van der Waals surface area contributed by atoms with Gasteiger partial charge in [0.1, 0.15) is 5.82 Å². The molecule has 1 fully saturated rings. The summed E-state index contributed by atoms with van der Waals surface area (Å²) in [6.07, 6.45) is 5.03. The van der Waals surface area contributed by atoms with E-state index in [-0.39, 0.29) is 35.0 Å². The smallest absolute Gasteiger partial charge is 0.246 e. The van der Waals surface area contributed by atoms with Crippen LogP contribution in [-0.4, -0.2) is 54.2 Å². The van der Waals surface area contributed by atoms with E-state index in [4.69, 9.17) is 0 Å². The number of thiazole rings is 1. The first-order chi connectivity index (χ1) is 15.2. The molecule has 1 aromatic heterocycles. The maximum Gasteiger partial charge on any atom is 0.246 e. The molecule has 2 aromatic rings. The number of amides is 2. The lowest BCUT2D eigenvalue weighted by molar-refractivity contribution is -0.127. The highest BCUT2D eigenvalue weighted by molar-refractivity contribution is 7.91. The first-order valence-corrected chi connectivity index (χ1v) is 13.1. The minimum Gasteiger partial charge on any atom is -0.335 e. The Hall–Kier alpha value is -2.59. The van der Waals surface area contributed by atoms with Crippen LogP contribution in [0.15, 0.2) is 35.7 Å². The average Bonchev–Trinajstić information content (AvgIpc) is 3.34. The van der Waals surface area contributed by atoms with Gasteiger partial charge in [0.05, 0.1) is 22.9 Å². The Morgan fingerprint density at radius 3 is 2.69 bits per heavy atom. The van der Waals surface area contributed by atoms with Gasteiger partial charge in [0.2, 0.25) is 11.8 Å². The Morgan fingerprint density at radius 2 is 2.06 bits per heavy atom. The summed E-state index contributed by atoms with van der Waals surface area (Å²) in [4.78, 5) is 32.2. The highest BCUT2D eigenvalue weighted by Crippen LogP contribution is 2.31. The number of sulfone groups is 1. The summed E-state index contributed by atoms with van der Waals surface area (Å²) in [6, 6.07) is 5.63. The van der Waals surface area contributed by atoms with Crippen molar-refractivity contribution in [2.24, 2.45) is 0 Å². The van der Waals surface area contributed by atoms with E-state index in [0.29, 0.717) is 23.8 Å². The van der Waals surface area contributed by atoms with E-state index in [0.717, 1.165) is 24.2 Å². The SMILES string of the molecule is CCCCN(C(=O)/C=C/c1csc(N(C(C)=O)c2ccccc2F)n1)C1CCS(=O)(=O)C1. The standard InChI is InChI=1S/C22H26FN3O4S2/c1-3-4-12-25(18-11-13-32(29,30)15-18)21(28)10-9-17-14-31-22(24-17)26(16(2)27)20-8-6-5-7-19(20)23/h5-10,14,18H,3-4,11-13,15H2,1-2H3/b10-9+. The van der Waals surface area contributed by atoms with Gasteiger partial charge in [-0.1, -0.05) is 25.5 Å². The molecule has 1 saturated heterocycles. The summed E-state index contributed by atoms with van der Waals surface area (Å²) in [7, 11) is -3.11. The predicted molar refractivity (Wildman–Crippen MR) is 124 cm³/mol. The topological polar surface area (TPSA) is 87.7 Å². The zero-order chi connectivity index (χ0) is 23.3. The number of unbranched alkanes of at least 4 members (excludes halogenated alkanes) is 1. The van der Waals surface area contributed by atoms with Crippen LogP contribution < -0.4 is 4.90 Å². The van der Waals surface area contributed by atoms with Crippen molar-refractivity contribution in [3.8, 4) is 0 Å². The summed E-state index contributed by atoms with van der Waals surface area (Å²) in [5, 5.41) is 1.96. The molecular formula is C22H26FN3O4S2. The normalized spacial score (nSPS) is 17.5. The van der Waals surface area contributed by atoms with E-state index in [2.05, 4.69) is 4.98 Å². The average molecular weight is 480 g/mol. The fourth-order valence-electron chi connectivity index (χ4n) is 3.57. The van der Waals surface area contributed by atoms with Crippen LogP contribution in [0.3, 0.4) is 0 Å². The van der Waals surface area contributed by atoms with E-state index in [1.54, 1.807) is 22.4 Å². The summed E-state index contributed by atoms with van der Waals surface area (Å²) in [6.45, 7) is 3.83. The minimum absolute atomic E-state index is 0.00659. The summed E-state index contributed by atoms with van der Waals surface area (Å²) >= 11 is 1.16. The number of carbonyl (C=O) groups is 2. The van der Waals surface area contributed by atoms with Gasteiger partial charge in [-0.05, 0) is 31.1 Å². The minimum atomic E-state index is -3.11. The molecule has 1 unspecified atom stereocenters. The Kier molecular flexibility index (Phi) is 7.78. The summed E-state index contributed by atoms with van der Waals surface area (Å²) < 4.78 is 37.9. The second-order valence-electron chi connectivity index (χ2n) is 7.64. The lowest BCUT2D eigenvalue weighted by atomic mass is 10.2. The fraction of sp³-hybridized carbons (Fsp3) is 0.409. The molecule has 7 nitrogen and oxygen atoms in total. The molecule has 1 aliphatic heterocycles. The largest absolute Gasteiger partial charge is 0.335 e. The van der Waals surface area contributed by atoms with Crippen LogP contribution in [0.4, 0.5) is 15.2 Å². The van der Waals surface area contributed by atoms with E-state index >= 15 is 0 Å². The van der Waals surface area contributed by atoms with Crippen molar-refractivity contribution in [2.45, 2.75) is 39.2 Å². The quantitative estimate of drug-likeness (QED) is 0.538. The lowest BCUT2D eigenvalue weighted by Crippen LogP contribution is -2.40. The zero-order valence-corrected chi connectivity index (χ0v) is 19.7. The second-order valence-corrected chi connectivity index (χ2v) is 10.7. The number of nitrogens with zero attached hydrogens (tertiary/aromatic N) is 3. The van der Waals surface area contributed by atoms with Crippen LogP contribution >= 0.6 is 11.3 Å². The Morgan fingerprint density at radius 1 is 1.31 bits per heavy atom. The highest BCUT2D eigenvalue weighted by atomic mass is 32.2. The van der Waals surface area contributed by atoms with Gasteiger partial charge in [-0.15, -0.1) is 11.3 Å². The van der Waals surface area contributed by atoms with Crippen molar-refractivity contribution in [3.63, 3.8) is 0 Å². The Labute approximate surface area is 191 Å². The van der Waals surface area contributed by atoms with Crippen molar-refractivity contribution < 1.29 is 22.4 Å². The van der Waals surface area contributed by atoms with Gasteiger partial charge < -0.3 is 4.90 Å². The van der Waals surface area contributed by atoms with Crippen molar-refractivity contribution in [2.75, 3.05) is 23.0 Å². The third-order valence-electron chi connectivity index (χ3n) is 5.19. The number of halogens is 1. The Bertz CT molecular complexity index is 1110. The molecule has 2 heterocycles. The van der Waals surface area contributed by atoms with Gasteiger partial charge in [0.25, 0.3) is 0 Å². The van der Waals surface area contributed by atoms with E-state index < -0.39 is 15.7 Å². The summed E-state index contributed by atoms with van der Waals surface area (Å²) in [5.41, 5.74) is 0.560. The lowest BCUT2D eigenvalue weighted by Gasteiger charge is -2.27. The van der Waals surface area contributed by atoms with Gasteiger partial charge in [0.15, 0.2) is 15.0 Å². The molecular weight excluding hydrogens is 453 g/mol. The monoisotopic (exact) mass is 479 g/mol. The number of carbonyl (C=O) groups excluding carboxylic acids is 2. The van der Waals surface area contributed by atoms with Crippen molar-refractivity contribution in [1.82, 2.24) is 9.88 Å². The van der Waals surface area contributed by atoms with Crippen LogP contribution in [0.2, 0.25) is 0 Å². The predicted octanol–water partition coefficient (Wildman–Crippen LogP) is 3.80. The molecule has 1 aromatic carbocycles. The van der Waals surface area contributed by atoms with Gasteiger partial charge in [0, 0.05) is 31.0 Å². The van der Waals surface area contributed by atoms with Crippen molar-refractivity contribution >= 4 is 49.9 Å². The number of hydrogen-bond acceptors (Lipinski definition) is 6. The van der Waals surface area contributed by atoms with Gasteiger partial charge in [-0.25, -0.2) is 17.8 Å². The number of anilines is 2. The van der Waals surface area contributed by atoms with Gasteiger partial charge in [-0.2, -0.15) is 0 Å². The molecule has 32 heavy (non-hydrogen) atoms. The van der Waals surface area contributed by atoms with Crippen LogP contribution in [0, 0.1) is 5.82 Å². The molecule has 0 saturated carbocycles. The number of para-hydroxylation sites is 1. The van der Waals surface area contributed by atoms with Gasteiger partial charge in [-0.3, -0.25) is 14.5 Å². The van der Waals surface area contributed by atoms with Gasteiger partial charge >= 0.3 is 0 Å². The number of aromatic nitrogens is 1. The first kappa shape index (κ1) is 24.1. The molecule has 0 aliphatic carbocycles. The highest BCUT2D eigenvalue weighted by Gasteiger charge is 2.33. The number of rotatable bonds is 8. The van der Waals surface area contributed by atoms with Crippen LogP contribution in [0.1, 0.15) is 38.8 Å². The first-order valence-electron chi connectivity index (χ1n) is 10.4. The summed E-state index contributed by atoms with van der Waals surface area (Å²) in [5.74, 6) is -1.10. The Balaban J connectivity index is 1.78. The van der Waals surface area contributed by atoms with E-state index in [1.165, 1.54) is 36.1 Å². The van der Waals surface area contributed by atoms with E-state index in [9.17, 15) is 22.4 Å². The number of benzene rings is 1. The molecule has 1 atom stereocenters. The molecule has 10 heteroatoms.